The number of nitrogens with zero attached hydrogens (tertiary/aromatic N) is 2. The molecular formula is C17H23N3O. The molecule has 0 aromatic heterocycles. The van der Waals surface area contributed by atoms with Gasteiger partial charge in [-0.3, -0.25) is 4.79 Å². The maximum atomic E-state index is 11.9. The Labute approximate surface area is 126 Å². The minimum absolute atomic E-state index is 0.0412. The average Bonchev–Trinajstić information content (AvgIpc) is 3.02. The highest BCUT2D eigenvalue weighted by Gasteiger charge is 2.18. The van der Waals surface area contributed by atoms with Crippen LogP contribution in [-0.2, 0) is 11.2 Å². The molecule has 4 nitrogen and oxygen atoms in total. The molecule has 1 aromatic carbocycles. The number of hydrogen-bond donors (Lipinski definition) is 1. The lowest BCUT2D eigenvalue weighted by Gasteiger charge is -2.23. The van der Waals surface area contributed by atoms with Crippen molar-refractivity contribution in [3.8, 4) is 6.07 Å². The standard InChI is InChI=1S/C17H23N3O/c1-20(16-4-2-3-5-16)11-10-19-17(21)12-14-6-8-15(13-18)9-7-14/h6-9,16H,2-5,10-12H2,1H3,(H,19,21). The van der Waals surface area contributed by atoms with Crippen LogP contribution in [0.15, 0.2) is 24.3 Å². The number of amides is 1. The zero-order valence-corrected chi connectivity index (χ0v) is 12.6. The average molecular weight is 285 g/mol. The summed E-state index contributed by atoms with van der Waals surface area (Å²) >= 11 is 0. The Morgan fingerprint density at radius 1 is 1.33 bits per heavy atom. The van der Waals surface area contributed by atoms with E-state index in [0.717, 1.165) is 12.1 Å². The maximum absolute atomic E-state index is 11.9. The van der Waals surface area contributed by atoms with Crippen LogP contribution in [0.5, 0.6) is 0 Å². The number of benzene rings is 1. The lowest BCUT2D eigenvalue weighted by atomic mass is 10.1. The van der Waals surface area contributed by atoms with E-state index in [-0.39, 0.29) is 5.91 Å². The van der Waals surface area contributed by atoms with Gasteiger partial charge in [-0.2, -0.15) is 5.26 Å². The van der Waals surface area contributed by atoms with E-state index >= 15 is 0 Å². The minimum atomic E-state index is 0.0412. The Kier molecular flexibility index (Phi) is 5.77. The molecule has 2 rings (SSSR count). The molecule has 1 N–H and O–H groups in total. The lowest BCUT2D eigenvalue weighted by Crippen LogP contribution is -2.37. The normalized spacial score (nSPS) is 15.1. The van der Waals surface area contributed by atoms with Gasteiger partial charge in [0.05, 0.1) is 18.1 Å². The van der Waals surface area contributed by atoms with Crippen LogP contribution < -0.4 is 5.32 Å². The molecule has 0 aliphatic heterocycles. The monoisotopic (exact) mass is 285 g/mol. The first kappa shape index (κ1) is 15.5. The van der Waals surface area contributed by atoms with Gasteiger partial charge in [0.1, 0.15) is 0 Å². The molecule has 1 aromatic rings. The van der Waals surface area contributed by atoms with Crippen LogP contribution in [0.2, 0.25) is 0 Å². The molecule has 112 valence electrons. The second-order valence-corrected chi connectivity index (χ2v) is 5.75. The first-order valence-corrected chi connectivity index (χ1v) is 7.65. The smallest absolute Gasteiger partial charge is 0.224 e. The van der Waals surface area contributed by atoms with Gasteiger partial charge < -0.3 is 10.2 Å². The van der Waals surface area contributed by atoms with Crippen LogP contribution in [0, 0.1) is 11.3 Å². The van der Waals surface area contributed by atoms with Gasteiger partial charge in [0.25, 0.3) is 0 Å². The van der Waals surface area contributed by atoms with Crippen molar-refractivity contribution in [2.24, 2.45) is 0 Å². The minimum Gasteiger partial charge on any atom is -0.355 e. The number of nitriles is 1. The number of carbonyl (C=O) groups is 1. The molecular weight excluding hydrogens is 262 g/mol. The second kappa shape index (κ2) is 7.80. The van der Waals surface area contributed by atoms with E-state index in [1.807, 2.05) is 12.1 Å². The van der Waals surface area contributed by atoms with E-state index in [0.29, 0.717) is 24.6 Å². The zero-order valence-electron chi connectivity index (χ0n) is 12.6. The third-order valence-corrected chi connectivity index (χ3v) is 4.18. The Bertz CT molecular complexity index is 498. The molecule has 0 atom stereocenters. The van der Waals surface area contributed by atoms with Gasteiger partial charge in [0, 0.05) is 19.1 Å². The number of likely N-dealkylation sites (N-methyl/N-ethyl adjacent to an activating group) is 1. The topological polar surface area (TPSA) is 56.1 Å². The summed E-state index contributed by atoms with van der Waals surface area (Å²) in [6.07, 6.45) is 5.62. The summed E-state index contributed by atoms with van der Waals surface area (Å²) in [6, 6.07) is 9.93. The fourth-order valence-electron chi connectivity index (χ4n) is 2.84. The molecule has 1 fully saturated rings. The van der Waals surface area contributed by atoms with Crippen molar-refractivity contribution in [1.29, 1.82) is 5.26 Å². The molecule has 1 aliphatic rings. The fourth-order valence-corrected chi connectivity index (χ4v) is 2.84. The van der Waals surface area contributed by atoms with E-state index in [1.165, 1.54) is 25.7 Å². The highest BCUT2D eigenvalue weighted by atomic mass is 16.1. The molecule has 0 unspecified atom stereocenters. The third kappa shape index (κ3) is 4.87. The fraction of sp³-hybridized carbons (Fsp3) is 0.529. The Balaban J connectivity index is 1.68. The van der Waals surface area contributed by atoms with E-state index < -0.39 is 0 Å². The van der Waals surface area contributed by atoms with Crippen molar-refractivity contribution in [3.05, 3.63) is 35.4 Å². The molecule has 0 radical (unpaired) electrons. The number of carbonyl (C=O) groups excluding carboxylic acids is 1. The summed E-state index contributed by atoms with van der Waals surface area (Å²) in [6.45, 7) is 1.60. The maximum Gasteiger partial charge on any atom is 0.224 e. The Morgan fingerprint density at radius 3 is 2.62 bits per heavy atom. The van der Waals surface area contributed by atoms with Crippen LogP contribution in [0.3, 0.4) is 0 Å². The highest BCUT2D eigenvalue weighted by Crippen LogP contribution is 2.21. The molecule has 1 saturated carbocycles. The van der Waals surface area contributed by atoms with Crippen LogP contribution in [0.4, 0.5) is 0 Å². The van der Waals surface area contributed by atoms with Crippen molar-refractivity contribution in [2.75, 3.05) is 20.1 Å². The van der Waals surface area contributed by atoms with E-state index in [2.05, 4.69) is 23.3 Å². The number of nitrogens with one attached hydrogen (secondary N) is 1. The first-order valence-electron chi connectivity index (χ1n) is 7.65. The second-order valence-electron chi connectivity index (χ2n) is 5.75. The molecule has 4 heteroatoms. The molecule has 1 amide bonds. The van der Waals surface area contributed by atoms with Gasteiger partial charge in [-0.25, -0.2) is 0 Å². The van der Waals surface area contributed by atoms with Crippen LogP contribution in [-0.4, -0.2) is 37.0 Å². The lowest BCUT2D eigenvalue weighted by molar-refractivity contribution is -0.120. The van der Waals surface area contributed by atoms with Crippen molar-refractivity contribution < 1.29 is 4.79 Å². The van der Waals surface area contributed by atoms with Gasteiger partial charge in [0.15, 0.2) is 0 Å². The van der Waals surface area contributed by atoms with Crippen LogP contribution in [0.25, 0.3) is 0 Å². The molecule has 0 spiro atoms. The predicted octanol–water partition coefficient (Wildman–Crippen LogP) is 2.09. The summed E-state index contributed by atoms with van der Waals surface area (Å²) in [5.41, 5.74) is 1.56. The summed E-state index contributed by atoms with van der Waals surface area (Å²) in [5.74, 6) is 0.0412. The van der Waals surface area contributed by atoms with E-state index in [1.54, 1.807) is 12.1 Å². The summed E-state index contributed by atoms with van der Waals surface area (Å²) < 4.78 is 0. The van der Waals surface area contributed by atoms with Gasteiger partial charge in [-0.15, -0.1) is 0 Å². The molecule has 0 saturated heterocycles. The van der Waals surface area contributed by atoms with Crippen LogP contribution in [0.1, 0.15) is 36.8 Å². The van der Waals surface area contributed by atoms with Gasteiger partial charge in [-0.05, 0) is 37.6 Å². The summed E-state index contributed by atoms with van der Waals surface area (Å²) in [5, 5.41) is 11.7. The van der Waals surface area contributed by atoms with Crippen molar-refractivity contribution in [3.63, 3.8) is 0 Å². The quantitative estimate of drug-likeness (QED) is 0.870. The van der Waals surface area contributed by atoms with Gasteiger partial charge in [0.2, 0.25) is 5.91 Å². The van der Waals surface area contributed by atoms with E-state index in [9.17, 15) is 4.79 Å². The predicted molar refractivity (Wildman–Crippen MR) is 82.8 cm³/mol. The molecule has 1 aliphatic carbocycles. The summed E-state index contributed by atoms with van der Waals surface area (Å²) in [4.78, 5) is 14.2. The van der Waals surface area contributed by atoms with Crippen molar-refractivity contribution >= 4 is 5.91 Å². The van der Waals surface area contributed by atoms with Crippen molar-refractivity contribution in [1.82, 2.24) is 10.2 Å². The van der Waals surface area contributed by atoms with Gasteiger partial charge >= 0.3 is 0 Å². The van der Waals surface area contributed by atoms with E-state index in [4.69, 9.17) is 5.26 Å². The first-order chi connectivity index (χ1) is 10.2. The third-order valence-electron chi connectivity index (χ3n) is 4.18. The molecule has 0 heterocycles. The number of rotatable bonds is 6. The zero-order chi connectivity index (χ0) is 15.1. The number of hydrogen-bond acceptors (Lipinski definition) is 3. The van der Waals surface area contributed by atoms with Crippen molar-refractivity contribution in [2.45, 2.75) is 38.1 Å². The largest absolute Gasteiger partial charge is 0.355 e. The molecule has 0 bridgehead atoms. The highest BCUT2D eigenvalue weighted by molar-refractivity contribution is 5.78. The Hall–Kier alpha value is -1.86. The molecule has 21 heavy (non-hydrogen) atoms. The Morgan fingerprint density at radius 2 is 2.00 bits per heavy atom. The SMILES string of the molecule is CN(CCNC(=O)Cc1ccc(C#N)cc1)C1CCCC1. The summed E-state index contributed by atoms with van der Waals surface area (Å²) in [7, 11) is 2.14. The van der Waals surface area contributed by atoms with Gasteiger partial charge in [-0.1, -0.05) is 25.0 Å². The van der Waals surface area contributed by atoms with Crippen LogP contribution >= 0.6 is 0 Å².